The average Bonchev–Trinajstić information content (AvgIpc) is 2.59. The second kappa shape index (κ2) is 5.86. The maximum atomic E-state index is 13.0. The van der Waals surface area contributed by atoms with E-state index in [-0.39, 0.29) is 17.1 Å². The number of hydrogen-bond donors (Lipinski definition) is 1. The molecule has 0 aliphatic carbocycles. The molecule has 0 amide bonds. The molecule has 0 bridgehead atoms. The SMILES string of the molecule is C=C=CN1c2nccnc2C(O)=C(c2ccccc2[N+](=O)[O-])S1(=O)=O. The minimum absolute atomic E-state index is 0.128. The first-order valence-electron chi connectivity index (χ1n) is 6.78. The molecule has 0 fully saturated rings. The number of nitro groups is 1. The van der Waals surface area contributed by atoms with Crippen LogP contribution >= 0.6 is 0 Å². The molecular weight excluding hydrogens is 348 g/mol. The van der Waals surface area contributed by atoms with Crippen molar-refractivity contribution in [3.05, 3.63) is 76.5 Å². The number of aliphatic hydroxyl groups excluding tert-OH is 1. The summed E-state index contributed by atoms with van der Waals surface area (Å²) in [5.41, 5.74) is 1.47. The molecule has 2 heterocycles. The standard InChI is InChI=1S/C15H10N4O5S/c1-2-9-18-15-12(16-7-8-17-15)13(20)14(25(18,23)24)10-5-3-4-6-11(10)19(21)22/h3-9,20H,1H2. The Labute approximate surface area is 142 Å². The monoisotopic (exact) mass is 358 g/mol. The van der Waals surface area contributed by atoms with E-state index in [1.807, 2.05) is 0 Å². The van der Waals surface area contributed by atoms with Crippen LogP contribution in [0.5, 0.6) is 0 Å². The number of rotatable bonds is 3. The molecule has 1 aromatic carbocycles. The zero-order valence-corrected chi connectivity index (χ0v) is 13.3. The third-order valence-corrected chi connectivity index (χ3v) is 5.12. The minimum atomic E-state index is -4.40. The molecule has 3 rings (SSSR count). The van der Waals surface area contributed by atoms with Gasteiger partial charge in [0.2, 0.25) is 0 Å². The predicted molar refractivity (Wildman–Crippen MR) is 89.7 cm³/mol. The minimum Gasteiger partial charge on any atom is -0.504 e. The highest BCUT2D eigenvalue weighted by Gasteiger charge is 2.41. The molecule has 0 unspecified atom stereocenters. The Morgan fingerprint density at radius 3 is 2.64 bits per heavy atom. The third kappa shape index (κ3) is 2.45. The van der Waals surface area contributed by atoms with Gasteiger partial charge in [-0.1, -0.05) is 18.7 Å². The molecule has 1 N–H and O–H groups in total. The highest BCUT2D eigenvalue weighted by atomic mass is 32.2. The van der Waals surface area contributed by atoms with Crippen molar-refractivity contribution in [2.24, 2.45) is 0 Å². The maximum absolute atomic E-state index is 13.0. The first-order valence-corrected chi connectivity index (χ1v) is 8.22. The smallest absolute Gasteiger partial charge is 0.278 e. The van der Waals surface area contributed by atoms with Crippen molar-refractivity contribution in [3.63, 3.8) is 0 Å². The fourth-order valence-corrected chi connectivity index (χ4v) is 3.97. The summed E-state index contributed by atoms with van der Waals surface area (Å²) in [6.07, 6.45) is 3.52. The summed E-state index contributed by atoms with van der Waals surface area (Å²) >= 11 is 0. The van der Waals surface area contributed by atoms with Crippen LogP contribution in [0.4, 0.5) is 11.5 Å². The summed E-state index contributed by atoms with van der Waals surface area (Å²) in [5, 5.41) is 21.8. The Morgan fingerprint density at radius 1 is 1.28 bits per heavy atom. The van der Waals surface area contributed by atoms with Crippen molar-refractivity contribution < 1.29 is 18.4 Å². The van der Waals surface area contributed by atoms with Crippen LogP contribution < -0.4 is 4.31 Å². The molecule has 2 aromatic rings. The number of hydrogen-bond acceptors (Lipinski definition) is 7. The number of aliphatic hydroxyl groups is 1. The van der Waals surface area contributed by atoms with Gasteiger partial charge in [0.15, 0.2) is 11.6 Å². The summed E-state index contributed by atoms with van der Waals surface area (Å²) in [6, 6.07) is 5.20. The quantitative estimate of drug-likeness (QED) is 0.506. The molecule has 10 heteroatoms. The van der Waals surface area contributed by atoms with Gasteiger partial charge in [0.25, 0.3) is 15.7 Å². The number of benzene rings is 1. The van der Waals surface area contributed by atoms with Crippen molar-refractivity contribution >= 4 is 32.2 Å². The molecule has 1 aliphatic rings. The predicted octanol–water partition coefficient (Wildman–Crippen LogP) is 2.22. The van der Waals surface area contributed by atoms with Crippen molar-refractivity contribution in [3.8, 4) is 0 Å². The molecule has 1 aliphatic heterocycles. The molecule has 0 radical (unpaired) electrons. The lowest BCUT2D eigenvalue weighted by atomic mass is 10.1. The van der Waals surface area contributed by atoms with E-state index < -0.39 is 31.3 Å². The second-order valence-electron chi connectivity index (χ2n) is 4.81. The fourth-order valence-electron chi connectivity index (χ4n) is 2.41. The first kappa shape index (κ1) is 16.4. The van der Waals surface area contributed by atoms with Crippen LogP contribution in [-0.4, -0.2) is 28.4 Å². The zero-order chi connectivity index (χ0) is 18.2. The lowest BCUT2D eigenvalue weighted by Crippen LogP contribution is -2.32. The number of para-hydroxylation sites is 1. The van der Waals surface area contributed by atoms with E-state index in [0.717, 1.165) is 12.3 Å². The molecule has 0 spiro atoms. The number of aromatic nitrogens is 2. The van der Waals surface area contributed by atoms with Crippen molar-refractivity contribution in [1.29, 1.82) is 0 Å². The van der Waals surface area contributed by atoms with E-state index in [2.05, 4.69) is 22.3 Å². The van der Waals surface area contributed by atoms with Crippen LogP contribution in [0.2, 0.25) is 0 Å². The molecular formula is C15H10N4O5S. The molecule has 25 heavy (non-hydrogen) atoms. The normalized spacial score (nSPS) is 15.3. The van der Waals surface area contributed by atoms with Crippen molar-refractivity contribution in [2.45, 2.75) is 0 Å². The van der Waals surface area contributed by atoms with E-state index in [1.165, 1.54) is 30.6 Å². The topological polar surface area (TPSA) is 127 Å². The van der Waals surface area contributed by atoms with Gasteiger partial charge in [-0.15, -0.1) is 5.73 Å². The summed E-state index contributed by atoms with van der Waals surface area (Å²) in [4.78, 5) is 17.7. The number of fused-ring (bicyclic) bond motifs is 1. The van der Waals surface area contributed by atoms with Gasteiger partial charge in [-0.3, -0.25) is 10.1 Å². The van der Waals surface area contributed by atoms with Gasteiger partial charge < -0.3 is 5.11 Å². The van der Waals surface area contributed by atoms with Crippen LogP contribution in [0, 0.1) is 10.1 Å². The molecule has 0 atom stereocenters. The van der Waals surface area contributed by atoms with E-state index >= 15 is 0 Å². The fraction of sp³-hybridized carbons (Fsp3) is 0. The Hall–Kier alpha value is -3.49. The number of nitrogens with zero attached hydrogens (tertiary/aromatic N) is 4. The third-order valence-electron chi connectivity index (χ3n) is 3.40. The lowest BCUT2D eigenvalue weighted by molar-refractivity contribution is -0.385. The van der Waals surface area contributed by atoms with Crippen LogP contribution in [0.15, 0.2) is 55.2 Å². The highest BCUT2D eigenvalue weighted by molar-refractivity contribution is 8.02. The van der Waals surface area contributed by atoms with Gasteiger partial charge in [-0.05, 0) is 6.07 Å². The van der Waals surface area contributed by atoms with Gasteiger partial charge in [0.05, 0.1) is 16.7 Å². The van der Waals surface area contributed by atoms with E-state index in [4.69, 9.17) is 0 Å². The van der Waals surface area contributed by atoms with Gasteiger partial charge in [-0.2, -0.15) is 0 Å². The van der Waals surface area contributed by atoms with Crippen molar-refractivity contribution in [2.75, 3.05) is 4.31 Å². The maximum Gasteiger partial charge on any atom is 0.278 e. The van der Waals surface area contributed by atoms with Crippen LogP contribution in [-0.2, 0) is 10.0 Å². The number of anilines is 1. The average molecular weight is 358 g/mol. The molecule has 1 aromatic heterocycles. The molecule has 0 saturated heterocycles. The number of sulfonamides is 1. The van der Waals surface area contributed by atoms with Crippen LogP contribution in [0.3, 0.4) is 0 Å². The molecule has 0 saturated carbocycles. The van der Waals surface area contributed by atoms with Crippen LogP contribution in [0.1, 0.15) is 11.3 Å². The summed E-state index contributed by atoms with van der Waals surface area (Å²) in [5.74, 6) is -0.871. The number of nitro benzene ring substituents is 1. The van der Waals surface area contributed by atoms with E-state index in [9.17, 15) is 23.6 Å². The summed E-state index contributed by atoms with van der Waals surface area (Å²) in [6.45, 7) is 3.33. The molecule has 126 valence electrons. The zero-order valence-electron chi connectivity index (χ0n) is 12.5. The summed E-state index contributed by atoms with van der Waals surface area (Å²) in [7, 11) is -4.40. The second-order valence-corrected chi connectivity index (χ2v) is 6.57. The Bertz CT molecular complexity index is 1070. The van der Waals surface area contributed by atoms with Gasteiger partial charge >= 0.3 is 0 Å². The van der Waals surface area contributed by atoms with E-state index in [1.54, 1.807) is 0 Å². The van der Waals surface area contributed by atoms with Gasteiger partial charge in [-0.25, -0.2) is 22.7 Å². The first-order chi connectivity index (χ1) is 11.9. The lowest BCUT2D eigenvalue weighted by Gasteiger charge is -2.26. The largest absolute Gasteiger partial charge is 0.504 e. The van der Waals surface area contributed by atoms with Crippen molar-refractivity contribution in [1.82, 2.24) is 9.97 Å². The molecule has 9 nitrogen and oxygen atoms in total. The van der Waals surface area contributed by atoms with Gasteiger partial charge in [0.1, 0.15) is 10.6 Å². The Balaban J connectivity index is 2.44. The van der Waals surface area contributed by atoms with Gasteiger partial charge in [0, 0.05) is 18.5 Å². The Morgan fingerprint density at radius 2 is 1.96 bits per heavy atom. The van der Waals surface area contributed by atoms with E-state index in [0.29, 0.717) is 4.31 Å². The Kier molecular flexibility index (Phi) is 3.84. The van der Waals surface area contributed by atoms with Crippen LogP contribution in [0.25, 0.3) is 10.7 Å². The highest BCUT2D eigenvalue weighted by Crippen LogP contribution is 2.42. The summed E-state index contributed by atoms with van der Waals surface area (Å²) < 4.78 is 26.7.